The number of hydrogen-bond donors (Lipinski definition) is 2. The number of aryl methyl sites for hydroxylation is 1. The minimum absolute atomic E-state index is 0.00113. The van der Waals surface area contributed by atoms with Crippen molar-refractivity contribution in [3.63, 3.8) is 0 Å². The van der Waals surface area contributed by atoms with Crippen molar-refractivity contribution < 1.29 is 19.5 Å². The number of H-pyrrole nitrogens is 1. The first-order chi connectivity index (χ1) is 14.9. The van der Waals surface area contributed by atoms with Crippen LogP contribution in [-0.2, 0) is 14.4 Å². The lowest BCUT2D eigenvalue weighted by molar-refractivity contribution is -0.149. The summed E-state index contributed by atoms with van der Waals surface area (Å²) < 4.78 is 0. The van der Waals surface area contributed by atoms with E-state index in [-0.39, 0.29) is 45.6 Å². The van der Waals surface area contributed by atoms with Gasteiger partial charge in [-0.3, -0.25) is 24.1 Å². The molecule has 31 heavy (non-hydrogen) atoms. The van der Waals surface area contributed by atoms with Crippen molar-refractivity contribution in [3.8, 4) is 0 Å². The zero-order valence-corrected chi connectivity index (χ0v) is 18.2. The Morgan fingerprint density at radius 2 is 1.87 bits per heavy atom. The summed E-state index contributed by atoms with van der Waals surface area (Å²) in [4.78, 5) is 54.5. The molecule has 9 heteroatoms. The van der Waals surface area contributed by atoms with Crippen LogP contribution in [-0.4, -0.2) is 44.6 Å². The van der Waals surface area contributed by atoms with E-state index in [9.17, 15) is 24.3 Å². The number of amides is 2. The second kappa shape index (κ2) is 6.56. The third-order valence-electron chi connectivity index (χ3n) is 7.63. The fourth-order valence-corrected chi connectivity index (χ4v) is 9.53. The van der Waals surface area contributed by atoms with Crippen molar-refractivity contribution >= 4 is 40.9 Å². The van der Waals surface area contributed by atoms with E-state index < -0.39 is 24.3 Å². The van der Waals surface area contributed by atoms with Gasteiger partial charge in [-0.25, -0.2) is 0 Å². The molecule has 2 N–H and O–H groups in total. The predicted molar refractivity (Wildman–Crippen MR) is 114 cm³/mol. The summed E-state index contributed by atoms with van der Waals surface area (Å²) in [6.07, 6.45) is 0.803. The van der Waals surface area contributed by atoms with Crippen LogP contribution in [0.3, 0.4) is 0 Å². The molecular formula is C22H20N2O5S2. The fraction of sp³-hybridized carbons (Fsp3) is 0.455. The number of benzene rings is 1. The Kier molecular flexibility index (Phi) is 4.08. The molecule has 2 aliphatic carbocycles. The summed E-state index contributed by atoms with van der Waals surface area (Å²) in [5.41, 5.74) is 2.31. The number of carbonyl (C=O) groups is 3. The molecule has 0 radical (unpaired) electrons. The Hall–Kier alpha value is -2.39. The lowest BCUT2D eigenvalue weighted by atomic mass is 9.67. The smallest absolute Gasteiger partial charge is 0.323 e. The van der Waals surface area contributed by atoms with Crippen LogP contribution in [0.5, 0.6) is 0 Å². The molecule has 7 nitrogen and oxygen atoms in total. The van der Waals surface area contributed by atoms with Gasteiger partial charge in [0.15, 0.2) is 0 Å². The van der Waals surface area contributed by atoms with Gasteiger partial charge < -0.3 is 10.1 Å². The molecule has 2 saturated carbocycles. The number of aromatic nitrogens is 1. The van der Waals surface area contributed by atoms with Crippen LogP contribution < -0.4 is 4.87 Å². The number of thiazole rings is 1. The Bertz CT molecular complexity index is 1200. The number of aromatic amines is 1. The summed E-state index contributed by atoms with van der Waals surface area (Å²) in [7, 11) is 0. The number of nitrogens with zero attached hydrogens (tertiary/aromatic N) is 1. The minimum atomic E-state index is -1.17. The summed E-state index contributed by atoms with van der Waals surface area (Å²) in [5.74, 6) is -2.54. The van der Waals surface area contributed by atoms with Crippen molar-refractivity contribution in [2.24, 2.45) is 29.6 Å². The van der Waals surface area contributed by atoms with E-state index in [2.05, 4.69) is 24.0 Å². The van der Waals surface area contributed by atoms with Gasteiger partial charge in [0.2, 0.25) is 11.8 Å². The average Bonchev–Trinajstić information content (AvgIpc) is 3.44. The molecule has 1 aromatic carbocycles. The molecule has 7 atom stereocenters. The number of carboxylic acids is 1. The van der Waals surface area contributed by atoms with E-state index in [4.69, 9.17) is 0 Å². The largest absolute Gasteiger partial charge is 0.480 e. The van der Waals surface area contributed by atoms with Crippen molar-refractivity contribution in [1.29, 1.82) is 0 Å². The number of nitrogens with one attached hydrogen (secondary N) is 1. The monoisotopic (exact) mass is 456 g/mol. The summed E-state index contributed by atoms with van der Waals surface area (Å²) in [5, 5.41) is 10.2. The molecule has 1 aromatic heterocycles. The van der Waals surface area contributed by atoms with Gasteiger partial charge in [0.1, 0.15) is 6.54 Å². The fourth-order valence-electron chi connectivity index (χ4n) is 6.65. The number of carboxylic acid groups (broad SMARTS) is 1. The maximum atomic E-state index is 13.1. The third-order valence-corrected chi connectivity index (χ3v) is 10.2. The van der Waals surface area contributed by atoms with Gasteiger partial charge in [-0.15, -0.1) is 11.8 Å². The predicted octanol–water partition coefficient (Wildman–Crippen LogP) is 2.30. The maximum Gasteiger partial charge on any atom is 0.323 e. The summed E-state index contributed by atoms with van der Waals surface area (Å²) >= 11 is 2.88. The Labute approximate surface area is 185 Å². The van der Waals surface area contributed by atoms with Gasteiger partial charge in [-0.05, 0) is 42.2 Å². The number of carbonyl (C=O) groups excluding carboxylic acids is 2. The second-order valence-corrected chi connectivity index (χ2v) is 11.2. The molecule has 1 saturated heterocycles. The molecule has 3 heterocycles. The minimum Gasteiger partial charge on any atom is -0.480 e. The van der Waals surface area contributed by atoms with Crippen LogP contribution in [0.15, 0.2) is 34.1 Å². The number of imide groups is 1. The number of rotatable bonds is 3. The first-order valence-electron chi connectivity index (χ1n) is 10.4. The molecule has 7 unspecified atom stereocenters. The van der Waals surface area contributed by atoms with E-state index in [1.165, 1.54) is 11.3 Å². The first-order valence-corrected chi connectivity index (χ1v) is 12.1. The normalized spacial score (nSPS) is 35.3. The lowest BCUT2D eigenvalue weighted by Crippen LogP contribution is -2.42. The SMILES string of the molecule is Cc1ccccc1C1c2sc(=O)[nH]c2SC2C3CC(C4C(=O)N(CC(=O)O)C(=O)C34)C12. The molecule has 4 aliphatic rings. The Morgan fingerprint density at radius 1 is 1.16 bits per heavy atom. The van der Waals surface area contributed by atoms with Crippen molar-refractivity contribution in [2.45, 2.75) is 29.5 Å². The van der Waals surface area contributed by atoms with E-state index >= 15 is 0 Å². The highest BCUT2D eigenvalue weighted by Gasteiger charge is 2.69. The standard InChI is InChI=1S/C22H20N2O5S2/c1-8-4-2-3-5-9(8)13-14-10-6-11(17(14)30-19-18(13)31-22(29)23-19)16-15(10)20(27)24(21(16)28)7-12(25)26/h2-5,10-11,13-17H,6-7H2,1H3,(H,23,29)(H,25,26). The molecular weight excluding hydrogens is 436 g/mol. The number of thioether (sulfide) groups is 1. The number of likely N-dealkylation sites (tertiary alicyclic amines) is 1. The highest BCUT2D eigenvalue weighted by atomic mass is 32.2. The van der Waals surface area contributed by atoms with E-state index in [1.807, 2.05) is 12.1 Å². The van der Waals surface area contributed by atoms with Crippen LogP contribution in [0.2, 0.25) is 0 Å². The molecule has 6 rings (SSSR count). The average molecular weight is 457 g/mol. The molecule has 2 amide bonds. The maximum absolute atomic E-state index is 13.1. The van der Waals surface area contributed by atoms with Gasteiger partial charge in [0.05, 0.1) is 16.9 Å². The zero-order chi connectivity index (χ0) is 21.6. The topological polar surface area (TPSA) is 108 Å². The third kappa shape index (κ3) is 2.53. The molecule has 3 fully saturated rings. The van der Waals surface area contributed by atoms with Crippen molar-refractivity contribution in [1.82, 2.24) is 9.88 Å². The van der Waals surface area contributed by atoms with Crippen LogP contribution >= 0.6 is 23.1 Å². The quantitative estimate of drug-likeness (QED) is 0.687. The molecule has 160 valence electrons. The second-order valence-electron chi connectivity index (χ2n) is 8.97. The van der Waals surface area contributed by atoms with E-state index in [1.54, 1.807) is 11.8 Å². The van der Waals surface area contributed by atoms with Crippen molar-refractivity contribution in [3.05, 3.63) is 49.9 Å². The molecule has 2 aromatic rings. The highest BCUT2D eigenvalue weighted by molar-refractivity contribution is 8.00. The number of fused-ring (bicyclic) bond motifs is 9. The van der Waals surface area contributed by atoms with E-state index in [0.717, 1.165) is 32.4 Å². The number of hydrogen-bond acceptors (Lipinski definition) is 6. The summed E-state index contributed by atoms with van der Waals surface area (Å²) in [6.45, 7) is 1.50. The van der Waals surface area contributed by atoms with Crippen LogP contribution in [0.25, 0.3) is 0 Å². The number of aliphatic carboxylic acids is 1. The van der Waals surface area contributed by atoms with Crippen LogP contribution in [0.1, 0.15) is 28.3 Å². The lowest BCUT2D eigenvalue weighted by Gasteiger charge is -2.43. The molecule has 2 aliphatic heterocycles. The molecule has 2 bridgehead atoms. The first kappa shape index (κ1) is 19.3. The summed E-state index contributed by atoms with van der Waals surface area (Å²) in [6, 6.07) is 8.16. The van der Waals surface area contributed by atoms with Gasteiger partial charge in [0, 0.05) is 16.0 Å². The van der Waals surface area contributed by atoms with Gasteiger partial charge in [-0.1, -0.05) is 35.6 Å². The molecule has 0 spiro atoms. The van der Waals surface area contributed by atoms with Gasteiger partial charge >= 0.3 is 10.8 Å². The van der Waals surface area contributed by atoms with Gasteiger partial charge in [0.25, 0.3) is 0 Å². The Morgan fingerprint density at radius 3 is 2.58 bits per heavy atom. The zero-order valence-electron chi connectivity index (χ0n) is 16.6. The van der Waals surface area contributed by atoms with Crippen LogP contribution in [0, 0.1) is 36.5 Å². The Balaban J connectivity index is 1.47. The highest BCUT2D eigenvalue weighted by Crippen LogP contribution is 2.68. The van der Waals surface area contributed by atoms with Crippen LogP contribution in [0.4, 0.5) is 0 Å². The van der Waals surface area contributed by atoms with Gasteiger partial charge in [-0.2, -0.15) is 0 Å². The van der Waals surface area contributed by atoms with E-state index in [0.29, 0.717) is 0 Å². The van der Waals surface area contributed by atoms with Crippen molar-refractivity contribution in [2.75, 3.05) is 6.54 Å².